The van der Waals surface area contributed by atoms with E-state index in [1.807, 2.05) is 35.7 Å². The fourth-order valence-corrected chi connectivity index (χ4v) is 2.40. The van der Waals surface area contributed by atoms with Gasteiger partial charge in [0.1, 0.15) is 0 Å². The molecule has 2 amide bonds. The van der Waals surface area contributed by atoms with Gasteiger partial charge in [0.2, 0.25) is 0 Å². The number of aromatic nitrogens is 1. The molecule has 1 aromatic carbocycles. The Bertz CT molecular complexity index is 516. The van der Waals surface area contributed by atoms with Crippen LogP contribution < -0.4 is 10.6 Å². The molecule has 0 fully saturated rings. The molecular formula is C14H17N3O2S. The molecule has 0 saturated heterocycles. The Morgan fingerprint density at radius 1 is 1.35 bits per heavy atom. The molecular weight excluding hydrogens is 274 g/mol. The predicted molar refractivity (Wildman–Crippen MR) is 78.4 cm³/mol. The summed E-state index contributed by atoms with van der Waals surface area (Å²) in [6.07, 6.45) is 0.480. The molecule has 0 saturated carbocycles. The second kappa shape index (κ2) is 7.62. The topological polar surface area (TPSA) is 74.2 Å². The molecule has 0 aliphatic rings. The van der Waals surface area contributed by atoms with Gasteiger partial charge in [0, 0.05) is 12.0 Å². The van der Waals surface area contributed by atoms with Gasteiger partial charge in [-0.15, -0.1) is 11.3 Å². The average Bonchev–Trinajstić information content (AvgIpc) is 2.99. The van der Waals surface area contributed by atoms with Gasteiger partial charge in [0.05, 0.1) is 23.8 Å². The maximum absolute atomic E-state index is 11.9. The van der Waals surface area contributed by atoms with Crippen molar-refractivity contribution in [3.63, 3.8) is 0 Å². The monoisotopic (exact) mass is 291 g/mol. The van der Waals surface area contributed by atoms with E-state index in [1.54, 1.807) is 5.51 Å². The summed E-state index contributed by atoms with van der Waals surface area (Å²) < 4.78 is 0. The summed E-state index contributed by atoms with van der Waals surface area (Å²) in [6, 6.07) is 9.14. The lowest BCUT2D eigenvalue weighted by Crippen LogP contribution is -2.38. The van der Waals surface area contributed by atoms with E-state index >= 15 is 0 Å². The van der Waals surface area contributed by atoms with Gasteiger partial charge >= 0.3 is 6.03 Å². The zero-order chi connectivity index (χ0) is 14.2. The molecule has 20 heavy (non-hydrogen) atoms. The largest absolute Gasteiger partial charge is 0.396 e. The molecule has 0 aliphatic heterocycles. The molecule has 6 heteroatoms. The number of aliphatic hydroxyl groups is 1. The summed E-state index contributed by atoms with van der Waals surface area (Å²) in [5, 5.41) is 16.6. The van der Waals surface area contributed by atoms with Crippen LogP contribution in [0.5, 0.6) is 0 Å². The minimum atomic E-state index is -0.264. The van der Waals surface area contributed by atoms with Gasteiger partial charge in [-0.2, -0.15) is 0 Å². The molecule has 2 rings (SSSR count). The van der Waals surface area contributed by atoms with Crippen LogP contribution in [-0.4, -0.2) is 22.7 Å². The lowest BCUT2D eigenvalue weighted by Gasteiger charge is -2.18. The highest BCUT2D eigenvalue weighted by atomic mass is 32.1. The van der Waals surface area contributed by atoms with Crippen molar-refractivity contribution in [2.75, 3.05) is 6.61 Å². The van der Waals surface area contributed by atoms with Crippen LogP contribution in [0.25, 0.3) is 0 Å². The zero-order valence-corrected chi connectivity index (χ0v) is 11.8. The molecule has 0 aliphatic carbocycles. The summed E-state index contributed by atoms with van der Waals surface area (Å²) in [7, 11) is 0. The van der Waals surface area contributed by atoms with E-state index in [1.165, 1.54) is 11.3 Å². The molecule has 106 valence electrons. The summed E-state index contributed by atoms with van der Waals surface area (Å²) in [4.78, 5) is 16.0. The van der Waals surface area contributed by atoms with Crippen LogP contribution >= 0.6 is 11.3 Å². The Morgan fingerprint density at radius 2 is 2.15 bits per heavy atom. The minimum Gasteiger partial charge on any atom is -0.396 e. The summed E-state index contributed by atoms with van der Waals surface area (Å²) in [5.74, 6) is 0. The minimum absolute atomic E-state index is 0.0198. The lowest BCUT2D eigenvalue weighted by molar-refractivity contribution is 0.229. The third kappa shape index (κ3) is 4.32. The number of aliphatic hydroxyl groups excluding tert-OH is 1. The van der Waals surface area contributed by atoms with Gasteiger partial charge in [0.15, 0.2) is 0 Å². The Balaban J connectivity index is 1.89. The van der Waals surface area contributed by atoms with Crippen molar-refractivity contribution >= 4 is 17.4 Å². The number of rotatable bonds is 6. The van der Waals surface area contributed by atoms with Crippen molar-refractivity contribution in [3.05, 3.63) is 52.5 Å². The van der Waals surface area contributed by atoms with Crippen molar-refractivity contribution in [2.45, 2.75) is 19.0 Å². The number of hydrogen-bond donors (Lipinski definition) is 3. The van der Waals surface area contributed by atoms with E-state index in [9.17, 15) is 4.79 Å². The first-order chi connectivity index (χ1) is 9.79. The molecule has 0 radical (unpaired) electrons. The first-order valence-corrected chi connectivity index (χ1v) is 7.31. The van der Waals surface area contributed by atoms with Gasteiger partial charge in [-0.1, -0.05) is 30.3 Å². The summed E-state index contributed by atoms with van der Waals surface area (Å²) in [5.41, 5.74) is 3.54. The maximum atomic E-state index is 11.9. The predicted octanol–water partition coefficient (Wildman–Crippen LogP) is 2.07. The number of urea groups is 1. The van der Waals surface area contributed by atoms with Crippen LogP contribution in [0.1, 0.15) is 23.7 Å². The molecule has 0 unspecified atom stereocenters. The first kappa shape index (κ1) is 14.5. The molecule has 0 bridgehead atoms. The smallest absolute Gasteiger partial charge is 0.315 e. The van der Waals surface area contributed by atoms with Gasteiger partial charge in [-0.25, -0.2) is 9.78 Å². The number of carbonyl (C=O) groups excluding carboxylic acids is 1. The summed E-state index contributed by atoms with van der Waals surface area (Å²) in [6.45, 7) is 0.419. The Labute approximate surface area is 121 Å². The quantitative estimate of drug-likeness (QED) is 0.762. The second-order valence-electron chi connectivity index (χ2n) is 4.28. The highest BCUT2D eigenvalue weighted by molar-refractivity contribution is 7.07. The van der Waals surface area contributed by atoms with E-state index in [-0.39, 0.29) is 18.7 Å². The van der Waals surface area contributed by atoms with Crippen LogP contribution in [0, 0.1) is 0 Å². The first-order valence-electron chi connectivity index (χ1n) is 6.37. The number of amides is 2. The van der Waals surface area contributed by atoms with Crippen LogP contribution in [0.15, 0.2) is 41.2 Å². The zero-order valence-electron chi connectivity index (χ0n) is 11.0. The van der Waals surface area contributed by atoms with Crippen LogP contribution in [-0.2, 0) is 6.54 Å². The molecule has 1 aromatic heterocycles. The number of carbonyl (C=O) groups is 1. The van der Waals surface area contributed by atoms with Crippen LogP contribution in [0.3, 0.4) is 0 Å². The van der Waals surface area contributed by atoms with Gasteiger partial charge in [-0.3, -0.25) is 0 Å². The van der Waals surface area contributed by atoms with E-state index in [0.29, 0.717) is 13.0 Å². The lowest BCUT2D eigenvalue weighted by atomic mass is 10.0. The maximum Gasteiger partial charge on any atom is 0.315 e. The van der Waals surface area contributed by atoms with E-state index in [2.05, 4.69) is 15.6 Å². The highest BCUT2D eigenvalue weighted by Gasteiger charge is 2.13. The SMILES string of the molecule is O=C(NCc1cscn1)N[C@H](CCO)c1ccccc1. The van der Waals surface area contributed by atoms with E-state index in [0.717, 1.165) is 11.3 Å². The third-order valence-corrected chi connectivity index (χ3v) is 3.47. The molecule has 2 aromatic rings. The third-order valence-electron chi connectivity index (χ3n) is 2.84. The average molecular weight is 291 g/mol. The molecule has 5 nitrogen and oxygen atoms in total. The van der Waals surface area contributed by atoms with E-state index < -0.39 is 0 Å². The number of nitrogens with one attached hydrogen (secondary N) is 2. The fourth-order valence-electron chi connectivity index (χ4n) is 1.84. The standard InChI is InChI=1S/C14H17N3O2S/c18-7-6-13(11-4-2-1-3-5-11)17-14(19)15-8-12-9-20-10-16-12/h1-5,9-10,13,18H,6-8H2,(H2,15,17,19)/t13-/m1/s1. The number of benzene rings is 1. The Kier molecular flexibility index (Phi) is 5.52. The van der Waals surface area contributed by atoms with Gasteiger partial charge in [-0.05, 0) is 12.0 Å². The number of thiazole rings is 1. The van der Waals surface area contributed by atoms with Crippen molar-refractivity contribution in [3.8, 4) is 0 Å². The Morgan fingerprint density at radius 3 is 2.80 bits per heavy atom. The van der Waals surface area contributed by atoms with Crippen molar-refractivity contribution in [1.82, 2.24) is 15.6 Å². The highest BCUT2D eigenvalue weighted by Crippen LogP contribution is 2.15. The van der Waals surface area contributed by atoms with Crippen molar-refractivity contribution in [2.24, 2.45) is 0 Å². The van der Waals surface area contributed by atoms with Crippen molar-refractivity contribution < 1.29 is 9.90 Å². The molecule has 1 atom stereocenters. The molecule has 3 N–H and O–H groups in total. The van der Waals surface area contributed by atoms with Crippen LogP contribution in [0.2, 0.25) is 0 Å². The number of nitrogens with zero attached hydrogens (tertiary/aromatic N) is 1. The molecule has 0 spiro atoms. The van der Waals surface area contributed by atoms with Crippen LogP contribution in [0.4, 0.5) is 4.79 Å². The second-order valence-corrected chi connectivity index (χ2v) is 5.00. The molecule has 1 heterocycles. The van der Waals surface area contributed by atoms with Crippen molar-refractivity contribution in [1.29, 1.82) is 0 Å². The summed E-state index contributed by atoms with van der Waals surface area (Å²) >= 11 is 1.49. The Hall–Kier alpha value is -1.92. The van der Waals surface area contributed by atoms with Gasteiger partial charge in [0.25, 0.3) is 0 Å². The number of hydrogen-bond acceptors (Lipinski definition) is 4. The fraction of sp³-hybridized carbons (Fsp3) is 0.286. The normalized spacial score (nSPS) is 11.8. The van der Waals surface area contributed by atoms with Gasteiger partial charge < -0.3 is 15.7 Å². The van der Waals surface area contributed by atoms with E-state index in [4.69, 9.17) is 5.11 Å².